The lowest BCUT2D eigenvalue weighted by molar-refractivity contribution is 0.0950. The Labute approximate surface area is 147 Å². The minimum absolute atomic E-state index is 0.230. The molecule has 0 spiro atoms. The summed E-state index contributed by atoms with van der Waals surface area (Å²) in [6, 6.07) is 11.9. The number of hydrogen-bond acceptors (Lipinski definition) is 4. The molecule has 24 heavy (non-hydrogen) atoms. The molecule has 1 amide bonds. The molecule has 6 heteroatoms. The Kier molecular flexibility index (Phi) is 5.15. The minimum atomic E-state index is -0.365. The van der Waals surface area contributed by atoms with Gasteiger partial charge in [0.25, 0.3) is 5.91 Å². The molecule has 1 aromatic heterocycles. The van der Waals surface area contributed by atoms with Gasteiger partial charge in [0.15, 0.2) is 10.9 Å². The Morgan fingerprint density at radius 1 is 1.25 bits per heavy atom. The number of hydrogen-bond donors (Lipinski definition) is 2. The van der Waals surface area contributed by atoms with E-state index in [0.717, 1.165) is 12.2 Å². The van der Waals surface area contributed by atoms with Gasteiger partial charge in [0.2, 0.25) is 0 Å². The molecule has 1 fully saturated rings. The normalized spacial score (nSPS) is 17.4. The molecule has 1 unspecified atom stereocenters. The highest BCUT2D eigenvalue weighted by atomic mass is 32.1. The maximum Gasteiger partial charge on any atom is 0.293 e. The monoisotopic (exact) mass is 343 g/mol. The Morgan fingerprint density at radius 3 is 2.71 bits per heavy atom. The first-order valence-corrected chi connectivity index (χ1v) is 8.57. The maximum absolute atomic E-state index is 11.9. The van der Waals surface area contributed by atoms with Crippen molar-refractivity contribution in [2.24, 2.45) is 0 Å². The maximum atomic E-state index is 11.9. The number of furan rings is 1. The van der Waals surface area contributed by atoms with Gasteiger partial charge in [0.05, 0.1) is 6.26 Å². The summed E-state index contributed by atoms with van der Waals surface area (Å²) in [6.07, 6.45) is 5.24. The number of nitrogens with one attached hydrogen (secondary N) is 2. The minimum Gasteiger partial charge on any atom is -0.459 e. The van der Waals surface area contributed by atoms with E-state index < -0.39 is 0 Å². The fourth-order valence-electron chi connectivity index (χ4n) is 2.95. The molecule has 2 N–H and O–H groups in total. The summed E-state index contributed by atoms with van der Waals surface area (Å²) in [5.74, 6) is -0.134. The van der Waals surface area contributed by atoms with Crippen molar-refractivity contribution in [2.45, 2.75) is 32.2 Å². The van der Waals surface area contributed by atoms with Gasteiger partial charge in [0.1, 0.15) is 0 Å². The van der Waals surface area contributed by atoms with E-state index in [0.29, 0.717) is 6.04 Å². The predicted octanol–water partition coefficient (Wildman–Crippen LogP) is 3.79. The number of thiocarbonyl (C=S) groups is 1. The molecule has 0 bridgehead atoms. The number of anilines is 2. The van der Waals surface area contributed by atoms with Crippen LogP contribution in [0.15, 0.2) is 47.1 Å². The van der Waals surface area contributed by atoms with Crippen LogP contribution >= 0.6 is 12.2 Å². The molecule has 0 aliphatic carbocycles. The molecule has 126 valence electrons. The first-order chi connectivity index (χ1) is 11.6. The zero-order chi connectivity index (χ0) is 16.9. The Bertz CT molecular complexity index is 698. The van der Waals surface area contributed by atoms with Crippen LogP contribution in [0.4, 0.5) is 11.4 Å². The van der Waals surface area contributed by atoms with Crippen LogP contribution in [0.2, 0.25) is 0 Å². The number of carbonyl (C=O) groups excluding carboxylic acids is 1. The molecule has 1 aliphatic heterocycles. The Hall–Kier alpha value is -2.34. The van der Waals surface area contributed by atoms with Gasteiger partial charge < -0.3 is 14.6 Å². The molecule has 5 nitrogen and oxygen atoms in total. The van der Waals surface area contributed by atoms with Crippen molar-refractivity contribution in [3.05, 3.63) is 48.4 Å². The second-order valence-corrected chi connectivity index (χ2v) is 6.38. The summed E-state index contributed by atoms with van der Waals surface area (Å²) in [4.78, 5) is 14.3. The van der Waals surface area contributed by atoms with Gasteiger partial charge in [-0.2, -0.15) is 0 Å². The highest BCUT2D eigenvalue weighted by Gasteiger charge is 2.18. The van der Waals surface area contributed by atoms with Crippen LogP contribution in [0, 0.1) is 0 Å². The van der Waals surface area contributed by atoms with Gasteiger partial charge in [-0.25, -0.2) is 0 Å². The van der Waals surface area contributed by atoms with E-state index in [-0.39, 0.29) is 16.8 Å². The van der Waals surface area contributed by atoms with E-state index >= 15 is 0 Å². The lowest BCUT2D eigenvalue weighted by atomic mass is 10.0. The van der Waals surface area contributed by atoms with E-state index in [4.69, 9.17) is 16.6 Å². The molecule has 3 rings (SSSR count). The molecule has 1 aromatic carbocycles. The van der Waals surface area contributed by atoms with Crippen LogP contribution in [0.25, 0.3) is 0 Å². The molecule has 2 heterocycles. The van der Waals surface area contributed by atoms with Gasteiger partial charge in [-0.05, 0) is 74.8 Å². The van der Waals surface area contributed by atoms with Crippen LogP contribution < -0.4 is 15.5 Å². The standard InChI is InChI=1S/C18H21N3O2S/c1-13-5-2-3-11-21(13)15-9-7-14(8-10-15)19-18(24)20-17(22)16-6-4-12-23-16/h4,6-10,12-13H,2-3,5,11H2,1H3,(H2,19,20,22,24). The van der Waals surface area contributed by atoms with Crippen LogP contribution in [-0.4, -0.2) is 23.6 Å². The summed E-state index contributed by atoms with van der Waals surface area (Å²) < 4.78 is 5.03. The van der Waals surface area contributed by atoms with Gasteiger partial charge in [-0.1, -0.05) is 0 Å². The van der Waals surface area contributed by atoms with E-state index in [9.17, 15) is 4.79 Å². The summed E-state index contributed by atoms with van der Waals surface area (Å²) in [6.45, 7) is 3.37. The largest absolute Gasteiger partial charge is 0.459 e. The quantitative estimate of drug-likeness (QED) is 0.831. The van der Waals surface area contributed by atoms with Crippen molar-refractivity contribution < 1.29 is 9.21 Å². The average molecular weight is 343 g/mol. The number of rotatable bonds is 3. The van der Waals surface area contributed by atoms with Crippen LogP contribution in [0.5, 0.6) is 0 Å². The third-order valence-corrected chi connectivity index (χ3v) is 4.44. The highest BCUT2D eigenvalue weighted by molar-refractivity contribution is 7.80. The van der Waals surface area contributed by atoms with Gasteiger partial charge in [-0.15, -0.1) is 0 Å². The van der Waals surface area contributed by atoms with Crippen LogP contribution in [0.3, 0.4) is 0 Å². The lowest BCUT2D eigenvalue weighted by Gasteiger charge is -2.35. The summed E-state index contributed by atoms with van der Waals surface area (Å²) in [5, 5.41) is 5.85. The fraction of sp³-hybridized carbons (Fsp3) is 0.333. The zero-order valence-electron chi connectivity index (χ0n) is 13.6. The predicted molar refractivity (Wildman–Crippen MR) is 99.5 cm³/mol. The second kappa shape index (κ2) is 7.49. The molecular formula is C18H21N3O2S. The Morgan fingerprint density at radius 2 is 2.04 bits per heavy atom. The fourth-order valence-corrected chi connectivity index (χ4v) is 3.16. The number of carbonyl (C=O) groups is 1. The highest BCUT2D eigenvalue weighted by Crippen LogP contribution is 2.25. The van der Waals surface area contributed by atoms with Crippen molar-refractivity contribution in [3.8, 4) is 0 Å². The molecular weight excluding hydrogens is 322 g/mol. The third-order valence-electron chi connectivity index (χ3n) is 4.23. The molecule has 1 aliphatic rings. The van der Waals surface area contributed by atoms with Crippen molar-refractivity contribution in [3.63, 3.8) is 0 Å². The van der Waals surface area contributed by atoms with Gasteiger partial charge in [0, 0.05) is 24.0 Å². The molecule has 2 aromatic rings. The zero-order valence-corrected chi connectivity index (χ0v) is 14.4. The molecule has 1 atom stereocenters. The summed E-state index contributed by atoms with van der Waals surface area (Å²) >= 11 is 5.17. The Balaban J connectivity index is 1.57. The van der Waals surface area contributed by atoms with Crippen LogP contribution in [-0.2, 0) is 0 Å². The van der Waals surface area contributed by atoms with E-state index in [2.05, 4.69) is 34.6 Å². The lowest BCUT2D eigenvalue weighted by Crippen LogP contribution is -2.37. The summed E-state index contributed by atoms with van der Waals surface area (Å²) in [5.41, 5.74) is 2.06. The van der Waals surface area contributed by atoms with E-state index in [1.54, 1.807) is 12.1 Å². The van der Waals surface area contributed by atoms with E-state index in [1.807, 2.05) is 12.1 Å². The molecule has 0 radical (unpaired) electrons. The van der Waals surface area contributed by atoms with Crippen molar-refractivity contribution in [1.29, 1.82) is 0 Å². The van der Waals surface area contributed by atoms with Gasteiger partial charge in [-0.3, -0.25) is 10.1 Å². The molecule has 1 saturated heterocycles. The summed E-state index contributed by atoms with van der Waals surface area (Å²) in [7, 11) is 0. The van der Waals surface area contributed by atoms with Gasteiger partial charge >= 0.3 is 0 Å². The SMILES string of the molecule is CC1CCCCN1c1ccc(NC(=S)NC(=O)c2ccco2)cc1. The van der Waals surface area contributed by atoms with Crippen molar-refractivity contribution in [1.82, 2.24) is 5.32 Å². The number of piperidine rings is 1. The average Bonchev–Trinajstić information content (AvgIpc) is 3.11. The first kappa shape index (κ1) is 16.5. The number of amides is 1. The molecule has 0 saturated carbocycles. The number of nitrogens with zero attached hydrogens (tertiary/aromatic N) is 1. The second-order valence-electron chi connectivity index (χ2n) is 5.97. The van der Waals surface area contributed by atoms with Crippen molar-refractivity contribution in [2.75, 3.05) is 16.8 Å². The first-order valence-electron chi connectivity index (χ1n) is 8.16. The van der Waals surface area contributed by atoms with Crippen molar-refractivity contribution >= 4 is 34.6 Å². The third kappa shape index (κ3) is 3.94. The smallest absolute Gasteiger partial charge is 0.293 e. The topological polar surface area (TPSA) is 57.5 Å². The van der Waals surface area contributed by atoms with Crippen LogP contribution in [0.1, 0.15) is 36.7 Å². The number of benzene rings is 1. The van der Waals surface area contributed by atoms with E-state index in [1.165, 1.54) is 31.2 Å².